The Hall–Kier alpha value is -0.940. The van der Waals surface area contributed by atoms with E-state index in [-0.39, 0.29) is 0 Å². The lowest BCUT2D eigenvalue weighted by Gasteiger charge is -2.08. The molecule has 0 saturated carbocycles. The van der Waals surface area contributed by atoms with Gasteiger partial charge in [0.1, 0.15) is 12.2 Å². The molecule has 5 nitrogen and oxygen atoms in total. The van der Waals surface area contributed by atoms with Crippen LogP contribution in [0.2, 0.25) is 0 Å². The van der Waals surface area contributed by atoms with Crippen molar-refractivity contribution in [2.24, 2.45) is 0 Å². The summed E-state index contributed by atoms with van der Waals surface area (Å²) in [6, 6.07) is 0.514. The predicted octanol–water partition coefficient (Wildman–Crippen LogP) is 0.465. The van der Waals surface area contributed by atoms with Crippen LogP contribution in [-0.2, 0) is 17.7 Å². The van der Waals surface area contributed by atoms with E-state index in [1.807, 2.05) is 4.57 Å². The summed E-state index contributed by atoms with van der Waals surface area (Å²) in [5.74, 6) is 1.01. The fourth-order valence-corrected chi connectivity index (χ4v) is 1.32. The van der Waals surface area contributed by atoms with E-state index in [0.29, 0.717) is 12.6 Å². The minimum Gasteiger partial charge on any atom is -0.383 e. The predicted molar refractivity (Wildman–Crippen MR) is 58.7 cm³/mol. The lowest BCUT2D eigenvalue weighted by atomic mass is 10.3. The van der Waals surface area contributed by atoms with Crippen molar-refractivity contribution >= 4 is 0 Å². The quantitative estimate of drug-likeness (QED) is 0.713. The highest BCUT2D eigenvalue weighted by Crippen LogP contribution is 1.96. The van der Waals surface area contributed by atoms with E-state index in [1.165, 1.54) is 0 Å². The van der Waals surface area contributed by atoms with Crippen molar-refractivity contribution in [1.29, 1.82) is 0 Å². The molecular weight excluding hydrogens is 192 g/mol. The zero-order valence-corrected chi connectivity index (χ0v) is 9.73. The molecule has 86 valence electrons. The molecule has 0 aliphatic carbocycles. The minimum absolute atomic E-state index is 0.514. The molecule has 1 aromatic heterocycles. The van der Waals surface area contributed by atoms with Gasteiger partial charge in [0.05, 0.1) is 6.61 Å². The average molecular weight is 212 g/mol. The average Bonchev–Trinajstić information content (AvgIpc) is 2.62. The second-order valence-electron chi connectivity index (χ2n) is 3.79. The molecule has 0 aromatic carbocycles. The Balaban J connectivity index is 2.35. The maximum absolute atomic E-state index is 5.02. The van der Waals surface area contributed by atoms with Crippen molar-refractivity contribution in [3.8, 4) is 0 Å². The monoisotopic (exact) mass is 212 g/mol. The molecule has 1 N–H and O–H groups in total. The second kappa shape index (κ2) is 6.53. The molecule has 0 radical (unpaired) electrons. The SMILES string of the molecule is COCCn1cnnc1CCNC(C)C. The van der Waals surface area contributed by atoms with Crippen LogP contribution >= 0.6 is 0 Å². The summed E-state index contributed by atoms with van der Waals surface area (Å²) in [5.41, 5.74) is 0. The molecule has 0 fully saturated rings. The van der Waals surface area contributed by atoms with Gasteiger partial charge in [-0.05, 0) is 0 Å². The molecule has 0 unspecified atom stereocenters. The van der Waals surface area contributed by atoms with E-state index in [2.05, 4.69) is 29.4 Å². The first kappa shape index (κ1) is 12.1. The van der Waals surface area contributed by atoms with Gasteiger partial charge in [-0.15, -0.1) is 10.2 Å². The third kappa shape index (κ3) is 4.40. The Bertz CT molecular complexity index is 272. The Morgan fingerprint density at radius 2 is 2.33 bits per heavy atom. The maximum atomic E-state index is 5.02. The Morgan fingerprint density at radius 3 is 3.00 bits per heavy atom. The number of hydrogen-bond acceptors (Lipinski definition) is 4. The van der Waals surface area contributed by atoms with E-state index in [1.54, 1.807) is 13.4 Å². The van der Waals surface area contributed by atoms with Gasteiger partial charge in [-0.3, -0.25) is 0 Å². The Kier molecular flexibility index (Phi) is 5.28. The Labute approximate surface area is 90.8 Å². The van der Waals surface area contributed by atoms with Gasteiger partial charge in [-0.1, -0.05) is 13.8 Å². The number of nitrogens with one attached hydrogen (secondary N) is 1. The van der Waals surface area contributed by atoms with Gasteiger partial charge in [-0.25, -0.2) is 0 Å². The molecule has 0 spiro atoms. The largest absolute Gasteiger partial charge is 0.383 e. The van der Waals surface area contributed by atoms with Crippen LogP contribution in [0.5, 0.6) is 0 Å². The molecule has 0 saturated heterocycles. The minimum atomic E-state index is 0.514. The third-order valence-corrected chi connectivity index (χ3v) is 2.13. The van der Waals surface area contributed by atoms with E-state index in [0.717, 1.165) is 25.3 Å². The molecule has 1 heterocycles. The van der Waals surface area contributed by atoms with Gasteiger partial charge >= 0.3 is 0 Å². The first-order chi connectivity index (χ1) is 7.24. The number of ether oxygens (including phenoxy) is 1. The number of nitrogens with zero attached hydrogens (tertiary/aromatic N) is 3. The van der Waals surface area contributed by atoms with Crippen LogP contribution in [0.4, 0.5) is 0 Å². The summed E-state index contributed by atoms with van der Waals surface area (Å²) in [5, 5.41) is 11.3. The van der Waals surface area contributed by atoms with E-state index < -0.39 is 0 Å². The van der Waals surface area contributed by atoms with Crippen molar-refractivity contribution < 1.29 is 4.74 Å². The summed E-state index contributed by atoms with van der Waals surface area (Å²) < 4.78 is 7.05. The van der Waals surface area contributed by atoms with Crippen LogP contribution in [0.1, 0.15) is 19.7 Å². The highest BCUT2D eigenvalue weighted by Gasteiger charge is 2.03. The zero-order valence-electron chi connectivity index (χ0n) is 9.73. The van der Waals surface area contributed by atoms with Crippen molar-refractivity contribution in [3.05, 3.63) is 12.2 Å². The summed E-state index contributed by atoms with van der Waals surface area (Å²) in [4.78, 5) is 0. The molecule has 1 aromatic rings. The van der Waals surface area contributed by atoms with Gasteiger partial charge < -0.3 is 14.6 Å². The van der Waals surface area contributed by atoms with Gasteiger partial charge in [0.15, 0.2) is 0 Å². The van der Waals surface area contributed by atoms with Gasteiger partial charge in [0.2, 0.25) is 0 Å². The second-order valence-corrected chi connectivity index (χ2v) is 3.79. The summed E-state index contributed by atoms with van der Waals surface area (Å²) in [6.07, 6.45) is 2.66. The molecular formula is C10H20N4O. The van der Waals surface area contributed by atoms with E-state index >= 15 is 0 Å². The fourth-order valence-electron chi connectivity index (χ4n) is 1.32. The molecule has 0 amide bonds. The third-order valence-electron chi connectivity index (χ3n) is 2.13. The number of hydrogen-bond donors (Lipinski definition) is 1. The van der Waals surface area contributed by atoms with Crippen molar-refractivity contribution in [1.82, 2.24) is 20.1 Å². The van der Waals surface area contributed by atoms with E-state index in [9.17, 15) is 0 Å². The summed E-state index contributed by atoms with van der Waals surface area (Å²) in [7, 11) is 1.70. The molecule has 0 aliphatic heterocycles. The van der Waals surface area contributed by atoms with Gasteiger partial charge in [-0.2, -0.15) is 0 Å². The number of aromatic nitrogens is 3. The van der Waals surface area contributed by atoms with Crippen LogP contribution < -0.4 is 5.32 Å². The smallest absolute Gasteiger partial charge is 0.134 e. The Morgan fingerprint density at radius 1 is 1.53 bits per heavy atom. The normalized spacial score (nSPS) is 11.2. The van der Waals surface area contributed by atoms with Crippen LogP contribution in [0.3, 0.4) is 0 Å². The topological polar surface area (TPSA) is 52.0 Å². The lowest BCUT2D eigenvalue weighted by Crippen LogP contribution is -2.26. The van der Waals surface area contributed by atoms with Crippen molar-refractivity contribution in [2.75, 3.05) is 20.3 Å². The molecule has 0 aliphatic rings. The first-order valence-electron chi connectivity index (χ1n) is 5.33. The van der Waals surface area contributed by atoms with Gasteiger partial charge in [0.25, 0.3) is 0 Å². The fraction of sp³-hybridized carbons (Fsp3) is 0.800. The summed E-state index contributed by atoms with van der Waals surface area (Å²) in [6.45, 7) is 6.72. The lowest BCUT2D eigenvalue weighted by molar-refractivity contribution is 0.186. The first-order valence-corrected chi connectivity index (χ1v) is 5.33. The van der Waals surface area contributed by atoms with Crippen molar-refractivity contribution in [2.45, 2.75) is 32.9 Å². The molecule has 5 heteroatoms. The molecule has 1 rings (SSSR count). The van der Waals surface area contributed by atoms with Crippen molar-refractivity contribution in [3.63, 3.8) is 0 Å². The highest BCUT2D eigenvalue weighted by atomic mass is 16.5. The zero-order chi connectivity index (χ0) is 11.1. The number of methoxy groups -OCH3 is 1. The summed E-state index contributed by atoms with van der Waals surface area (Å²) >= 11 is 0. The molecule has 0 atom stereocenters. The van der Waals surface area contributed by atoms with Crippen LogP contribution in [0.25, 0.3) is 0 Å². The van der Waals surface area contributed by atoms with Crippen LogP contribution in [0.15, 0.2) is 6.33 Å². The maximum Gasteiger partial charge on any atom is 0.134 e. The van der Waals surface area contributed by atoms with E-state index in [4.69, 9.17) is 4.74 Å². The standard InChI is InChI=1S/C10H20N4O/c1-9(2)11-5-4-10-13-12-8-14(10)6-7-15-3/h8-9,11H,4-7H2,1-3H3. The van der Waals surface area contributed by atoms with Gasteiger partial charge in [0, 0.05) is 32.7 Å². The van der Waals surface area contributed by atoms with Crippen LogP contribution in [-0.4, -0.2) is 41.1 Å². The van der Waals surface area contributed by atoms with Crippen LogP contribution in [0, 0.1) is 0 Å². The molecule has 15 heavy (non-hydrogen) atoms. The molecule has 0 bridgehead atoms. The number of rotatable bonds is 7. The highest BCUT2D eigenvalue weighted by molar-refractivity contribution is 4.86.